The van der Waals surface area contributed by atoms with Crippen LogP contribution in [0.4, 0.5) is 9.18 Å². The van der Waals surface area contributed by atoms with Gasteiger partial charge >= 0.3 is 12.0 Å². The van der Waals surface area contributed by atoms with E-state index in [1.54, 1.807) is 18.2 Å². The topological polar surface area (TPSA) is 78.4 Å². The third-order valence-electron chi connectivity index (χ3n) is 3.61. The molecule has 2 rings (SSSR count). The molecule has 0 aromatic heterocycles. The van der Waals surface area contributed by atoms with Gasteiger partial charge in [0.05, 0.1) is 0 Å². The number of hydrogen-bond donors (Lipinski definition) is 3. The van der Waals surface area contributed by atoms with Gasteiger partial charge in [0.2, 0.25) is 0 Å². The van der Waals surface area contributed by atoms with Crippen LogP contribution in [0.25, 0.3) is 0 Å². The number of rotatable bonds is 5. The fourth-order valence-electron chi connectivity index (χ4n) is 2.20. The first kappa shape index (κ1) is 14.3. The standard InChI is InChI=1S/C14H17FN2O3/c15-11-5-2-1-4-10(11)6-9-16-13(20)17-14(12(18)19)7-3-8-14/h1-2,4-5H,3,6-9H2,(H,18,19)(H2,16,17,20). The minimum absolute atomic E-state index is 0.252. The van der Waals surface area contributed by atoms with Crippen molar-refractivity contribution in [3.8, 4) is 0 Å². The minimum atomic E-state index is -1.12. The fourth-order valence-corrected chi connectivity index (χ4v) is 2.20. The third-order valence-corrected chi connectivity index (χ3v) is 3.61. The van der Waals surface area contributed by atoms with Crippen LogP contribution in [0.3, 0.4) is 0 Å². The molecule has 3 N–H and O–H groups in total. The van der Waals surface area contributed by atoms with Gasteiger partial charge in [0.15, 0.2) is 0 Å². The van der Waals surface area contributed by atoms with E-state index in [2.05, 4.69) is 10.6 Å². The van der Waals surface area contributed by atoms with Crippen molar-refractivity contribution in [2.24, 2.45) is 0 Å². The molecule has 0 atom stereocenters. The zero-order valence-corrected chi connectivity index (χ0v) is 11.0. The van der Waals surface area contributed by atoms with Gasteiger partial charge in [0, 0.05) is 6.54 Å². The Morgan fingerprint density at radius 3 is 2.55 bits per heavy atom. The molecule has 1 aromatic carbocycles. The van der Waals surface area contributed by atoms with E-state index in [4.69, 9.17) is 5.11 Å². The summed E-state index contributed by atoms with van der Waals surface area (Å²) in [6.07, 6.45) is 2.05. The molecule has 6 heteroatoms. The maximum absolute atomic E-state index is 13.3. The Morgan fingerprint density at radius 2 is 2.00 bits per heavy atom. The van der Waals surface area contributed by atoms with Crippen molar-refractivity contribution < 1.29 is 19.1 Å². The molecule has 0 spiro atoms. The van der Waals surface area contributed by atoms with Crippen LogP contribution in [-0.4, -0.2) is 29.2 Å². The van der Waals surface area contributed by atoms with Gasteiger partial charge in [-0.3, -0.25) is 0 Å². The lowest BCUT2D eigenvalue weighted by atomic mass is 9.77. The van der Waals surface area contributed by atoms with Crippen molar-refractivity contribution in [3.05, 3.63) is 35.6 Å². The van der Waals surface area contributed by atoms with E-state index < -0.39 is 17.5 Å². The molecule has 1 saturated carbocycles. The van der Waals surface area contributed by atoms with Crippen molar-refractivity contribution in [2.75, 3.05) is 6.54 Å². The van der Waals surface area contributed by atoms with Gasteiger partial charge in [-0.1, -0.05) is 18.2 Å². The normalized spacial score (nSPS) is 16.1. The average molecular weight is 280 g/mol. The predicted octanol–water partition coefficient (Wildman–Crippen LogP) is 1.67. The van der Waals surface area contributed by atoms with Crippen LogP contribution in [0.5, 0.6) is 0 Å². The molecule has 1 aliphatic rings. The van der Waals surface area contributed by atoms with E-state index >= 15 is 0 Å². The van der Waals surface area contributed by atoms with Crippen LogP contribution >= 0.6 is 0 Å². The smallest absolute Gasteiger partial charge is 0.329 e. The maximum Gasteiger partial charge on any atom is 0.329 e. The first-order valence-corrected chi connectivity index (χ1v) is 6.56. The van der Waals surface area contributed by atoms with Crippen LogP contribution in [0.2, 0.25) is 0 Å². The Morgan fingerprint density at radius 1 is 1.30 bits per heavy atom. The largest absolute Gasteiger partial charge is 0.480 e. The number of amides is 2. The van der Waals surface area contributed by atoms with Crippen molar-refractivity contribution in [3.63, 3.8) is 0 Å². The molecule has 2 amide bonds. The number of urea groups is 1. The molecule has 0 unspecified atom stereocenters. The lowest BCUT2D eigenvalue weighted by Crippen LogP contribution is -2.61. The zero-order chi connectivity index (χ0) is 14.6. The molecule has 0 heterocycles. The summed E-state index contributed by atoms with van der Waals surface area (Å²) in [6, 6.07) is 5.82. The molecule has 0 saturated heterocycles. The van der Waals surface area contributed by atoms with Crippen molar-refractivity contribution >= 4 is 12.0 Å². The summed E-state index contributed by atoms with van der Waals surface area (Å²) in [7, 11) is 0. The molecule has 0 radical (unpaired) electrons. The second-order valence-electron chi connectivity index (χ2n) is 4.96. The zero-order valence-electron chi connectivity index (χ0n) is 11.0. The monoisotopic (exact) mass is 280 g/mol. The average Bonchev–Trinajstić information content (AvgIpc) is 2.36. The number of carbonyl (C=O) groups is 2. The molecule has 108 valence electrons. The van der Waals surface area contributed by atoms with E-state index in [9.17, 15) is 14.0 Å². The summed E-state index contributed by atoms with van der Waals surface area (Å²) in [5.74, 6) is -1.32. The van der Waals surface area contributed by atoms with E-state index in [-0.39, 0.29) is 12.4 Å². The van der Waals surface area contributed by atoms with Crippen LogP contribution in [0, 0.1) is 5.82 Å². The van der Waals surface area contributed by atoms with Crippen LogP contribution < -0.4 is 10.6 Å². The van der Waals surface area contributed by atoms with Gasteiger partial charge in [-0.15, -0.1) is 0 Å². The molecule has 20 heavy (non-hydrogen) atoms. The lowest BCUT2D eigenvalue weighted by molar-refractivity contribution is -0.148. The van der Waals surface area contributed by atoms with Crippen molar-refractivity contribution in [1.29, 1.82) is 0 Å². The van der Waals surface area contributed by atoms with E-state index in [0.29, 0.717) is 24.8 Å². The number of halogens is 1. The van der Waals surface area contributed by atoms with Crippen LogP contribution in [0.1, 0.15) is 24.8 Å². The van der Waals surface area contributed by atoms with Gasteiger partial charge < -0.3 is 15.7 Å². The number of nitrogens with one attached hydrogen (secondary N) is 2. The number of benzene rings is 1. The van der Waals surface area contributed by atoms with Gasteiger partial charge in [-0.2, -0.15) is 0 Å². The Hall–Kier alpha value is -2.11. The maximum atomic E-state index is 13.3. The van der Waals surface area contributed by atoms with Gasteiger partial charge in [0.25, 0.3) is 0 Å². The summed E-state index contributed by atoms with van der Waals surface area (Å²) in [6.45, 7) is 0.252. The molecule has 0 aliphatic heterocycles. The number of carboxylic acids is 1. The fraction of sp³-hybridized carbons (Fsp3) is 0.429. The number of aliphatic carboxylic acids is 1. The number of hydrogen-bond acceptors (Lipinski definition) is 2. The van der Waals surface area contributed by atoms with Gasteiger partial charge in [-0.05, 0) is 37.3 Å². The van der Waals surface area contributed by atoms with E-state index in [1.165, 1.54) is 6.07 Å². The van der Waals surface area contributed by atoms with Crippen molar-refractivity contribution in [1.82, 2.24) is 10.6 Å². The number of carboxylic acid groups (broad SMARTS) is 1. The van der Waals surface area contributed by atoms with E-state index in [1.807, 2.05) is 0 Å². The summed E-state index contributed by atoms with van der Waals surface area (Å²) in [5, 5.41) is 14.1. The van der Waals surface area contributed by atoms with Gasteiger partial charge in [-0.25, -0.2) is 14.0 Å². The Kier molecular flexibility index (Phi) is 4.22. The quantitative estimate of drug-likeness (QED) is 0.767. The van der Waals surface area contributed by atoms with Crippen molar-refractivity contribution in [2.45, 2.75) is 31.2 Å². The van der Waals surface area contributed by atoms with Crippen LogP contribution in [-0.2, 0) is 11.2 Å². The first-order chi connectivity index (χ1) is 9.53. The highest BCUT2D eigenvalue weighted by molar-refractivity contribution is 5.87. The number of carbonyl (C=O) groups excluding carboxylic acids is 1. The Balaban J connectivity index is 1.78. The second kappa shape index (κ2) is 5.90. The third kappa shape index (κ3) is 3.07. The molecule has 1 aliphatic carbocycles. The summed E-state index contributed by atoms with van der Waals surface area (Å²) in [5.41, 5.74) is -0.605. The second-order valence-corrected chi connectivity index (χ2v) is 4.96. The summed E-state index contributed by atoms with van der Waals surface area (Å²) in [4.78, 5) is 22.7. The lowest BCUT2D eigenvalue weighted by Gasteiger charge is -2.38. The highest BCUT2D eigenvalue weighted by Crippen LogP contribution is 2.31. The molecular formula is C14H17FN2O3. The molecule has 1 fully saturated rings. The highest BCUT2D eigenvalue weighted by atomic mass is 19.1. The van der Waals surface area contributed by atoms with E-state index in [0.717, 1.165) is 6.42 Å². The summed E-state index contributed by atoms with van der Waals surface area (Å²) < 4.78 is 13.3. The first-order valence-electron chi connectivity index (χ1n) is 6.56. The Bertz CT molecular complexity index is 515. The molecular weight excluding hydrogens is 263 g/mol. The summed E-state index contributed by atoms with van der Waals surface area (Å²) >= 11 is 0. The predicted molar refractivity (Wildman–Crippen MR) is 70.9 cm³/mol. The van der Waals surface area contributed by atoms with Gasteiger partial charge in [0.1, 0.15) is 11.4 Å². The molecule has 1 aromatic rings. The molecule has 0 bridgehead atoms. The minimum Gasteiger partial charge on any atom is -0.480 e. The SMILES string of the molecule is O=C(NCCc1ccccc1F)NC1(C(=O)O)CCC1. The van der Waals surface area contributed by atoms with Crippen LogP contribution in [0.15, 0.2) is 24.3 Å². The Labute approximate surface area is 116 Å². The highest BCUT2D eigenvalue weighted by Gasteiger charge is 2.45. The molecule has 5 nitrogen and oxygen atoms in total.